The van der Waals surface area contributed by atoms with Gasteiger partial charge in [0.25, 0.3) is 11.8 Å². The van der Waals surface area contributed by atoms with Crippen molar-refractivity contribution in [3.05, 3.63) is 54.1 Å². The Bertz CT molecular complexity index is 879. The number of likely N-dealkylation sites (N-methyl/N-ethyl adjacent to an activating group) is 1. The quantitative estimate of drug-likeness (QED) is 0.454. The summed E-state index contributed by atoms with van der Waals surface area (Å²) >= 11 is 0. The number of carbonyl (C=O) groups excluding carboxylic acids is 3. The second kappa shape index (κ2) is 11.7. The van der Waals surface area contributed by atoms with Gasteiger partial charge in [-0.3, -0.25) is 14.4 Å². The van der Waals surface area contributed by atoms with Crippen LogP contribution in [0, 0.1) is 0 Å². The summed E-state index contributed by atoms with van der Waals surface area (Å²) in [5.41, 5.74) is 3.43. The molecule has 0 aliphatic heterocycles. The molecule has 8 heteroatoms. The molecule has 2 aromatic rings. The van der Waals surface area contributed by atoms with Crippen LogP contribution in [0.2, 0.25) is 0 Å². The van der Waals surface area contributed by atoms with Crippen LogP contribution in [0.1, 0.15) is 19.4 Å². The molecule has 0 saturated carbocycles. The van der Waals surface area contributed by atoms with Gasteiger partial charge in [0, 0.05) is 44.6 Å². The van der Waals surface area contributed by atoms with Crippen molar-refractivity contribution in [2.24, 2.45) is 0 Å². The number of nitrogens with one attached hydrogen (secondary N) is 4. The summed E-state index contributed by atoms with van der Waals surface area (Å²) in [6.45, 7) is 4.90. The lowest BCUT2D eigenvalue weighted by atomic mass is 10.2. The Morgan fingerprint density at radius 3 is 1.90 bits per heavy atom. The lowest BCUT2D eigenvalue weighted by Crippen LogP contribution is -3.13. The number of quaternary nitrogens is 1. The van der Waals surface area contributed by atoms with Gasteiger partial charge in [0.1, 0.15) is 0 Å². The number of anilines is 3. The molecular weight excluding hydrogens is 394 g/mol. The van der Waals surface area contributed by atoms with Crippen molar-refractivity contribution in [2.75, 3.05) is 49.3 Å². The molecule has 0 aliphatic carbocycles. The van der Waals surface area contributed by atoms with Gasteiger partial charge in [-0.05, 0) is 48.9 Å². The molecule has 31 heavy (non-hydrogen) atoms. The monoisotopic (exact) mass is 426 g/mol. The lowest BCUT2D eigenvalue weighted by Gasteiger charge is -2.17. The van der Waals surface area contributed by atoms with Crippen LogP contribution in [-0.4, -0.2) is 51.5 Å². The third kappa shape index (κ3) is 8.47. The molecule has 1 atom stereocenters. The number of benzene rings is 2. The van der Waals surface area contributed by atoms with Crippen LogP contribution in [0.5, 0.6) is 0 Å². The first kappa shape index (κ1) is 23.9. The molecule has 2 aromatic carbocycles. The van der Waals surface area contributed by atoms with Crippen LogP contribution < -0.4 is 25.8 Å². The fourth-order valence-electron chi connectivity index (χ4n) is 2.99. The van der Waals surface area contributed by atoms with E-state index < -0.39 is 0 Å². The zero-order valence-electron chi connectivity index (χ0n) is 18.6. The van der Waals surface area contributed by atoms with Gasteiger partial charge < -0.3 is 25.8 Å². The second-order valence-electron chi connectivity index (χ2n) is 7.60. The number of carbonyl (C=O) groups is 3. The van der Waals surface area contributed by atoms with Crippen molar-refractivity contribution < 1.29 is 19.3 Å². The third-order valence-corrected chi connectivity index (χ3v) is 4.75. The van der Waals surface area contributed by atoms with Gasteiger partial charge in [-0.2, -0.15) is 0 Å². The van der Waals surface area contributed by atoms with E-state index in [0.29, 0.717) is 24.5 Å². The Morgan fingerprint density at radius 2 is 1.39 bits per heavy atom. The normalized spacial score (nSPS) is 11.4. The second-order valence-corrected chi connectivity index (χ2v) is 7.60. The van der Waals surface area contributed by atoms with Crippen molar-refractivity contribution >= 4 is 34.8 Å². The highest BCUT2D eigenvalue weighted by Crippen LogP contribution is 2.13. The average Bonchev–Trinajstić information content (AvgIpc) is 2.73. The molecule has 8 nitrogen and oxygen atoms in total. The van der Waals surface area contributed by atoms with Gasteiger partial charge >= 0.3 is 0 Å². The maximum absolute atomic E-state index is 12.4. The van der Waals surface area contributed by atoms with E-state index in [2.05, 4.69) is 16.0 Å². The zero-order chi connectivity index (χ0) is 22.8. The largest absolute Gasteiger partial charge is 0.378 e. The summed E-state index contributed by atoms with van der Waals surface area (Å²) in [7, 11) is 3.96. The first-order chi connectivity index (χ1) is 14.8. The smallest absolute Gasteiger partial charge is 0.279 e. The first-order valence-electron chi connectivity index (χ1n) is 10.3. The van der Waals surface area contributed by atoms with Gasteiger partial charge in [-0.25, -0.2) is 0 Å². The van der Waals surface area contributed by atoms with Crippen LogP contribution in [0.3, 0.4) is 0 Å². The number of amides is 3. The topological polar surface area (TPSA) is 95.0 Å². The lowest BCUT2D eigenvalue weighted by molar-refractivity contribution is -0.881. The predicted octanol–water partition coefficient (Wildman–Crippen LogP) is 0.871. The van der Waals surface area contributed by atoms with Crippen LogP contribution >= 0.6 is 0 Å². The molecule has 0 aromatic heterocycles. The maximum atomic E-state index is 12.4. The Kier molecular flexibility index (Phi) is 9.02. The van der Waals surface area contributed by atoms with E-state index in [0.717, 1.165) is 16.2 Å². The molecule has 3 amide bonds. The summed E-state index contributed by atoms with van der Waals surface area (Å²) in [5.74, 6) is -0.417. The molecule has 0 radical (unpaired) electrons. The number of hydrogen-bond donors (Lipinski definition) is 4. The van der Waals surface area contributed by atoms with Gasteiger partial charge in [0.05, 0.1) is 6.54 Å². The van der Waals surface area contributed by atoms with E-state index in [4.69, 9.17) is 0 Å². The van der Waals surface area contributed by atoms with E-state index in [-0.39, 0.29) is 30.8 Å². The van der Waals surface area contributed by atoms with Crippen LogP contribution in [0.4, 0.5) is 17.1 Å². The van der Waals surface area contributed by atoms with Crippen molar-refractivity contribution in [3.8, 4) is 0 Å². The minimum absolute atomic E-state index is 0.0963. The highest BCUT2D eigenvalue weighted by atomic mass is 16.2. The Labute approximate surface area is 183 Å². The van der Waals surface area contributed by atoms with E-state index in [1.54, 1.807) is 24.3 Å². The molecule has 0 heterocycles. The molecule has 0 spiro atoms. The minimum atomic E-state index is -0.170. The van der Waals surface area contributed by atoms with E-state index in [9.17, 15) is 14.4 Å². The number of hydrogen-bond acceptors (Lipinski definition) is 4. The summed E-state index contributed by atoms with van der Waals surface area (Å²) in [6.07, 6.45) is 0. The van der Waals surface area contributed by atoms with Crippen LogP contribution in [-0.2, 0) is 20.9 Å². The Balaban J connectivity index is 1.78. The number of nitrogens with zero attached hydrogens (tertiary/aromatic N) is 1. The molecule has 0 saturated heterocycles. The van der Waals surface area contributed by atoms with Crippen molar-refractivity contribution in [1.29, 1.82) is 0 Å². The predicted molar refractivity (Wildman–Crippen MR) is 123 cm³/mol. The maximum Gasteiger partial charge on any atom is 0.279 e. The van der Waals surface area contributed by atoms with Crippen molar-refractivity contribution in [2.45, 2.75) is 20.4 Å². The standard InChI is InChI=1S/C23H31N5O3/c1-5-28(15-22(30)24-14-18-6-12-21(13-7-18)27(3)4)16-23(31)26-20-10-8-19(9-11-20)25-17(2)29/h6-13H,5,14-16H2,1-4H3,(H,24,30)(H,25,29)(H,26,31)/p+1. The van der Waals surface area contributed by atoms with Gasteiger partial charge in [0.2, 0.25) is 5.91 Å². The number of rotatable bonds is 10. The summed E-state index contributed by atoms with van der Waals surface area (Å²) in [5, 5.41) is 8.42. The van der Waals surface area contributed by atoms with E-state index in [1.807, 2.05) is 50.2 Å². The summed E-state index contributed by atoms with van der Waals surface area (Å²) in [6, 6.07) is 14.9. The molecule has 0 fully saturated rings. The Morgan fingerprint density at radius 1 is 0.839 bits per heavy atom. The van der Waals surface area contributed by atoms with Gasteiger partial charge in [-0.15, -0.1) is 0 Å². The SMILES string of the molecule is CC[NH+](CC(=O)NCc1ccc(N(C)C)cc1)CC(=O)Nc1ccc(NC(C)=O)cc1. The van der Waals surface area contributed by atoms with Gasteiger partial charge in [-0.1, -0.05) is 12.1 Å². The average molecular weight is 427 g/mol. The first-order valence-corrected chi connectivity index (χ1v) is 10.3. The van der Waals surface area contributed by atoms with E-state index >= 15 is 0 Å². The zero-order valence-corrected chi connectivity index (χ0v) is 18.6. The molecule has 166 valence electrons. The molecule has 4 N–H and O–H groups in total. The summed E-state index contributed by atoms with van der Waals surface area (Å²) < 4.78 is 0. The molecule has 1 unspecified atom stereocenters. The Hall–Kier alpha value is -3.39. The fraction of sp³-hybridized carbons (Fsp3) is 0.348. The minimum Gasteiger partial charge on any atom is -0.378 e. The fourth-order valence-corrected chi connectivity index (χ4v) is 2.99. The molecule has 0 bridgehead atoms. The van der Waals surface area contributed by atoms with Crippen molar-refractivity contribution in [1.82, 2.24) is 5.32 Å². The van der Waals surface area contributed by atoms with Gasteiger partial charge in [0.15, 0.2) is 13.1 Å². The van der Waals surface area contributed by atoms with Crippen molar-refractivity contribution in [3.63, 3.8) is 0 Å². The molecule has 0 aliphatic rings. The molecule has 2 rings (SSSR count). The van der Waals surface area contributed by atoms with Crippen LogP contribution in [0.15, 0.2) is 48.5 Å². The van der Waals surface area contributed by atoms with E-state index in [1.165, 1.54) is 6.92 Å². The highest BCUT2D eigenvalue weighted by molar-refractivity contribution is 5.92. The third-order valence-electron chi connectivity index (χ3n) is 4.75. The summed E-state index contributed by atoms with van der Waals surface area (Å²) in [4.78, 5) is 38.6. The molecular formula is C23H32N5O3+. The van der Waals surface area contributed by atoms with Crippen LogP contribution in [0.25, 0.3) is 0 Å². The highest BCUT2D eigenvalue weighted by Gasteiger charge is 2.16.